The highest BCUT2D eigenvalue weighted by Crippen LogP contribution is 2.23. The van der Waals surface area contributed by atoms with E-state index < -0.39 is 84.3 Å². The van der Waals surface area contributed by atoms with Gasteiger partial charge in [-0.3, -0.25) is 70.3 Å². The van der Waals surface area contributed by atoms with E-state index in [0.717, 1.165) is 0 Å². The van der Waals surface area contributed by atoms with Crippen LogP contribution in [0.2, 0.25) is 0 Å². The highest BCUT2D eigenvalue weighted by molar-refractivity contribution is 5.89. The lowest BCUT2D eigenvalue weighted by Gasteiger charge is -2.13. The van der Waals surface area contributed by atoms with Gasteiger partial charge in [-0.15, -0.1) is 0 Å². The van der Waals surface area contributed by atoms with Crippen LogP contribution in [0, 0.1) is 0 Å². The van der Waals surface area contributed by atoms with E-state index in [2.05, 4.69) is 31.9 Å². The number of esters is 8. The van der Waals surface area contributed by atoms with E-state index in [4.69, 9.17) is 66.3 Å². The molecule has 6 aromatic rings. The number of amides is 6. The van der Waals surface area contributed by atoms with E-state index in [1.807, 2.05) is 0 Å². The third-order valence-corrected chi connectivity index (χ3v) is 15.6. The lowest BCUT2D eigenvalue weighted by atomic mass is 10.1. The van der Waals surface area contributed by atoms with Crippen molar-refractivity contribution in [2.24, 2.45) is 0 Å². The quantitative estimate of drug-likeness (QED) is 0.0118. The van der Waals surface area contributed by atoms with Crippen LogP contribution < -0.4 is 31.9 Å². The zero-order valence-electron chi connectivity index (χ0n) is 67.7. The maximum Gasteiger partial charge on any atom is 0.411 e. The summed E-state index contributed by atoms with van der Waals surface area (Å²) in [4.78, 5) is 171. The first-order valence-corrected chi connectivity index (χ1v) is 37.0. The number of allylic oxidation sites excluding steroid dienone is 1. The van der Waals surface area contributed by atoms with Crippen molar-refractivity contribution in [2.45, 2.75) is 62.3 Å². The minimum atomic E-state index is -0.875. The summed E-state index contributed by atoms with van der Waals surface area (Å²) >= 11 is 0. The Bertz CT molecular complexity index is 4250. The molecule has 6 N–H and O–H groups in total. The van der Waals surface area contributed by atoms with E-state index in [1.165, 1.54) is 55.4 Å². The van der Waals surface area contributed by atoms with Crippen molar-refractivity contribution in [1.82, 2.24) is 0 Å². The molecule has 638 valence electrons. The summed E-state index contributed by atoms with van der Waals surface area (Å²) in [7, 11) is 0. The predicted octanol–water partition coefficient (Wildman–Crippen LogP) is 14.2. The molecule has 0 saturated carbocycles. The SMILES string of the molecule is CC=C(COC(=O)Nc1ccc(C=C(COC(=O)Nc2ccc(C=C(COC(C)=O)COC(C)=O)cc2)COC(=O)Nc2ccc(C=C(COC(C)=O)COC(C)=O)cc2)cc1)COC(=O)Nc1ccc(C=C(COC(=O)Nc2ccc(C=C(COC(C)=O)COC(C)=O)cc2)COC(=O)Nc2ccc(C=C(COC(C)=O)COC(C)=O)cc2)cc1. The molecule has 0 fully saturated rings. The summed E-state index contributed by atoms with van der Waals surface area (Å²) in [5.74, 6) is -4.22. The monoisotopic (exact) mass is 1670 g/mol. The van der Waals surface area contributed by atoms with Gasteiger partial charge in [-0.1, -0.05) is 78.9 Å². The minimum absolute atomic E-state index is 0.122. The van der Waals surface area contributed by atoms with Crippen molar-refractivity contribution in [2.75, 3.05) is 124 Å². The molecule has 0 bridgehead atoms. The number of hydrogen-bond donors (Lipinski definition) is 6. The Kier molecular flexibility index (Phi) is 40.0. The number of anilines is 6. The fourth-order valence-corrected chi connectivity index (χ4v) is 9.78. The molecule has 0 atom stereocenters. The highest BCUT2D eigenvalue weighted by atomic mass is 16.6. The first kappa shape index (κ1) is 94.7. The van der Waals surface area contributed by atoms with Crippen LogP contribution in [0.3, 0.4) is 0 Å². The Balaban J connectivity index is 1.06. The van der Waals surface area contributed by atoms with Crippen LogP contribution in [0.1, 0.15) is 95.7 Å². The molecule has 0 aliphatic rings. The summed E-state index contributed by atoms with van der Waals surface area (Å²) in [6.07, 6.45) is 6.19. The number of nitrogens with one attached hydrogen (secondary N) is 6. The predicted molar refractivity (Wildman–Crippen MR) is 443 cm³/mol. The van der Waals surface area contributed by atoms with Crippen molar-refractivity contribution in [3.05, 3.63) is 224 Å². The lowest BCUT2D eigenvalue weighted by molar-refractivity contribution is -0.143. The van der Waals surface area contributed by atoms with Gasteiger partial charge in [-0.05, 0) is 150 Å². The Hall–Kier alpha value is -15.1. The smallest absolute Gasteiger partial charge is 0.411 e. The van der Waals surface area contributed by atoms with Crippen LogP contribution in [0.15, 0.2) is 191 Å². The number of carbonyl (C=O) groups excluding carboxylic acids is 14. The molecule has 0 heterocycles. The second kappa shape index (κ2) is 51.1. The van der Waals surface area contributed by atoms with Gasteiger partial charge in [-0.2, -0.15) is 0 Å². The first-order chi connectivity index (χ1) is 57.8. The second-order valence-electron chi connectivity index (χ2n) is 25.9. The summed E-state index contributed by atoms with van der Waals surface area (Å²) in [6.45, 7) is 8.53. The van der Waals surface area contributed by atoms with Crippen LogP contribution in [0.4, 0.5) is 62.9 Å². The highest BCUT2D eigenvalue weighted by Gasteiger charge is 2.17. The molecule has 34 heteroatoms. The second-order valence-corrected chi connectivity index (χ2v) is 25.9. The Morgan fingerprint density at radius 1 is 0.190 bits per heavy atom. The Labute approximate surface area is 696 Å². The number of hydrogen-bond acceptors (Lipinski definition) is 28. The average Bonchev–Trinajstić information content (AvgIpc) is 0.896. The standard InChI is InChI=1S/C87H92N6O28/c1-10-63(41-116-82(102)88-76-31-19-68(20-32-76)39-74(51-118-84(104)90-78-23-11-64(12-24-78)35-70(43-108-55(2)94)44-109-56(3)95)52-119-85(105)91-79-25-13-65(14-26-79)36-71(45-110-57(4)96)46-111-58(5)97)42-117-83(103)89-77-33-21-69(22-34-77)40-75(53-120-86(106)92-80-27-15-66(16-28-80)37-72(47-112-59(6)98)48-113-60(7)99)54-121-87(107)93-81-29-17-67(18-30-81)38-73(49-114-61(8)100)50-115-62(9)101/h10-40H,41-54H2,1-9H3,(H,88,102)(H,89,103)(H,90,104)(H,91,105)(H,92,106)(H,93,107). The van der Waals surface area contributed by atoms with E-state index in [9.17, 15) is 67.1 Å². The van der Waals surface area contributed by atoms with Crippen LogP contribution >= 0.6 is 0 Å². The maximum atomic E-state index is 13.2. The number of rotatable bonds is 40. The van der Waals surface area contributed by atoms with Crippen molar-refractivity contribution in [3.8, 4) is 0 Å². The fourth-order valence-electron chi connectivity index (χ4n) is 9.78. The third-order valence-electron chi connectivity index (χ3n) is 15.6. The molecule has 0 radical (unpaired) electrons. The summed E-state index contributed by atoms with van der Waals surface area (Å²) in [5.41, 5.74) is 8.47. The summed E-state index contributed by atoms with van der Waals surface area (Å²) in [5, 5.41) is 15.8. The van der Waals surface area contributed by atoms with Crippen molar-refractivity contribution < 1.29 is 133 Å². The van der Waals surface area contributed by atoms with Gasteiger partial charge in [0, 0.05) is 129 Å². The number of carbonyl (C=O) groups is 14. The first-order valence-electron chi connectivity index (χ1n) is 37.0. The van der Waals surface area contributed by atoms with Crippen molar-refractivity contribution in [3.63, 3.8) is 0 Å². The minimum Gasteiger partial charge on any atom is -0.461 e. The average molecular weight is 1670 g/mol. The van der Waals surface area contributed by atoms with Gasteiger partial charge in [0.15, 0.2) is 0 Å². The zero-order chi connectivity index (χ0) is 88.0. The van der Waals surface area contributed by atoms with Crippen LogP contribution in [-0.4, -0.2) is 177 Å². The Morgan fingerprint density at radius 3 is 0.421 bits per heavy atom. The van der Waals surface area contributed by atoms with Gasteiger partial charge in [-0.25, -0.2) is 28.8 Å². The molecule has 0 unspecified atom stereocenters. The fraction of sp³-hybridized carbons (Fsp3) is 0.264. The van der Waals surface area contributed by atoms with E-state index in [-0.39, 0.29) is 92.5 Å². The molecule has 6 amide bonds. The lowest BCUT2D eigenvalue weighted by Crippen LogP contribution is -2.19. The van der Waals surface area contributed by atoms with E-state index in [0.29, 0.717) is 107 Å². The van der Waals surface area contributed by atoms with E-state index >= 15 is 0 Å². The summed E-state index contributed by atoms with van der Waals surface area (Å²) in [6, 6.07) is 38.6. The Morgan fingerprint density at radius 2 is 0.306 bits per heavy atom. The molecule has 0 aliphatic heterocycles. The molecule has 0 saturated heterocycles. The van der Waals surface area contributed by atoms with Gasteiger partial charge < -0.3 is 66.3 Å². The van der Waals surface area contributed by atoms with Crippen molar-refractivity contribution in [1.29, 1.82) is 0 Å². The van der Waals surface area contributed by atoms with Gasteiger partial charge in [0.2, 0.25) is 0 Å². The van der Waals surface area contributed by atoms with Gasteiger partial charge in [0.1, 0.15) is 92.5 Å². The largest absolute Gasteiger partial charge is 0.461 e. The van der Waals surface area contributed by atoms with Crippen LogP contribution in [0.25, 0.3) is 36.5 Å². The number of ether oxygens (including phenoxy) is 14. The summed E-state index contributed by atoms with van der Waals surface area (Å²) < 4.78 is 73.8. The van der Waals surface area contributed by atoms with E-state index in [1.54, 1.807) is 195 Å². The molecule has 0 aliphatic carbocycles. The van der Waals surface area contributed by atoms with Gasteiger partial charge in [0.25, 0.3) is 0 Å². The van der Waals surface area contributed by atoms with Crippen molar-refractivity contribution >= 4 is 155 Å². The van der Waals surface area contributed by atoms with Gasteiger partial charge >= 0.3 is 84.3 Å². The molecular formula is C87H92N6O28. The molecule has 121 heavy (non-hydrogen) atoms. The molecule has 0 aromatic heterocycles. The molecule has 6 rings (SSSR count). The molecule has 34 nitrogen and oxygen atoms in total. The third kappa shape index (κ3) is 40.8. The number of benzene rings is 6. The molecule has 0 spiro atoms. The topological polar surface area (TPSA) is 440 Å². The maximum absolute atomic E-state index is 13.2. The van der Waals surface area contributed by atoms with Crippen LogP contribution in [-0.2, 0) is 105 Å². The van der Waals surface area contributed by atoms with Gasteiger partial charge in [0.05, 0.1) is 0 Å². The molecular weight excluding hydrogens is 1580 g/mol. The zero-order valence-corrected chi connectivity index (χ0v) is 67.7. The van der Waals surface area contributed by atoms with Crippen LogP contribution in [0.5, 0.6) is 0 Å². The molecule has 6 aromatic carbocycles. The normalized spacial score (nSPS) is 10.1.